The quantitative estimate of drug-likeness (QED) is 0.528. The van der Waals surface area contributed by atoms with Crippen LogP contribution in [0.5, 0.6) is 5.75 Å². The molecule has 0 aliphatic heterocycles. The van der Waals surface area contributed by atoms with Crippen LogP contribution in [0.15, 0.2) is 54.6 Å². The van der Waals surface area contributed by atoms with E-state index >= 15 is 0 Å². The minimum Gasteiger partial charge on any atom is -0.491 e. The molecule has 5 heteroatoms. The van der Waals surface area contributed by atoms with Crippen molar-refractivity contribution < 1.29 is 22.3 Å². The van der Waals surface area contributed by atoms with E-state index in [0.717, 1.165) is 0 Å². The van der Waals surface area contributed by atoms with Crippen LogP contribution < -0.4 is 4.74 Å². The molecular weight excluding hydrogens is 332 g/mol. The molecule has 0 saturated carbocycles. The lowest BCUT2D eigenvalue weighted by molar-refractivity contribution is 0.314. The highest BCUT2D eigenvalue weighted by molar-refractivity contribution is 5.72. The fraction of sp³-hybridized carbons (Fsp3) is 0.100. The molecule has 0 spiro atoms. The zero-order valence-electron chi connectivity index (χ0n) is 13.3. The van der Waals surface area contributed by atoms with Crippen molar-refractivity contribution in [2.75, 3.05) is 6.61 Å². The molecule has 0 aliphatic rings. The van der Waals surface area contributed by atoms with Crippen molar-refractivity contribution in [2.45, 2.75) is 6.92 Å². The Hall–Kier alpha value is -2.82. The Morgan fingerprint density at radius 1 is 0.640 bits per heavy atom. The van der Waals surface area contributed by atoms with Gasteiger partial charge in [-0.05, 0) is 24.6 Å². The summed E-state index contributed by atoms with van der Waals surface area (Å²) in [6.07, 6.45) is 0. The third kappa shape index (κ3) is 3.09. The van der Waals surface area contributed by atoms with E-state index in [9.17, 15) is 17.6 Å². The number of ether oxygens (including phenoxy) is 1. The minimum atomic E-state index is -1.28. The van der Waals surface area contributed by atoms with Crippen LogP contribution >= 0.6 is 0 Å². The van der Waals surface area contributed by atoms with Gasteiger partial charge >= 0.3 is 0 Å². The predicted octanol–water partition coefficient (Wildman–Crippen LogP) is 5.98. The molecule has 0 saturated heterocycles. The second-order valence-corrected chi connectivity index (χ2v) is 5.33. The standard InChI is InChI=1S/C20H14F4O/c1-2-25-16-11-10-15(19(23)20(16)24)14-9-8-13(17(21)18(14)22)12-6-4-3-5-7-12/h3-11H,2H2,1H3. The number of hydrogen-bond acceptors (Lipinski definition) is 1. The molecule has 3 rings (SSSR count). The molecule has 3 aromatic carbocycles. The smallest absolute Gasteiger partial charge is 0.201 e. The third-order valence-electron chi connectivity index (χ3n) is 3.80. The van der Waals surface area contributed by atoms with Crippen LogP contribution in [0.2, 0.25) is 0 Å². The van der Waals surface area contributed by atoms with Crippen molar-refractivity contribution in [3.63, 3.8) is 0 Å². The van der Waals surface area contributed by atoms with Gasteiger partial charge in [0, 0.05) is 16.7 Å². The molecule has 0 unspecified atom stereocenters. The van der Waals surface area contributed by atoms with Crippen molar-refractivity contribution in [1.82, 2.24) is 0 Å². The van der Waals surface area contributed by atoms with E-state index in [1.807, 2.05) is 0 Å². The first-order valence-corrected chi connectivity index (χ1v) is 7.69. The molecule has 0 aliphatic carbocycles. The predicted molar refractivity (Wildman–Crippen MR) is 88.3 cm³/mol. The van der Waals surface area contributed by atoms with Gasteiger partial charge in [-0.2, -0.15) is 4.39 Å². The zero-order chi connectivity index (χ0) is 18.0. The summed E-state index contributed by atoms with van der Waals surface area (Å²) in [7, 11) is 0. The summed E-state index contributed by atoms with van der Waals surface area (Å²) in [5.41, 5.74) is -0.175. The van der Waals surface area contributed by atoms with Crippen molar-refractivity contribution in [2.24, 2.45) is 0 Å². The summed E-state index contributed by atoms with van der Waals surface area (Å²) in [6.45, 7) is 1.78. The normalized spacial score (nSPS) is 10.8. The first kappa shape index (κ1) is 17.0. The largest absolute Gasteiger partial charge is 0.491 e. The van der Waals surface area contributed by atoms with Gasteiger partial charge in [-0.25, -0.2) is 13.2 Å². The van der Waals surface area contributed by atoms with Crippen LogP contribution in [0.1, 0.15) is 6.92 Å². The molecule has 0 fully saturated rings. The van der Waals surface area contributed by atoms with E-state index in [4.69, 9.17) is 4.74 Å². The van der Waals surface area contributed by atoms with Crippen LogP contribution in [-0.2, 0) is 0 Å². The van der Waals surface area contributed by atoms with Crippen LogP contribution in [0.3, 0.4) is 0 Å². The lowest BCUT2D eigenvalue weighted by Gasteiger charge is -2.12. The Kier molecular flexibility index (Phi) is 4.74. The fourth-order valence-corrected chi connectivity index (χ4v) is 2.60. The van der Waals surface area contributed by atoms with Gasteiger partial charge in [-0.3, -0.25) is 0 Å². The Labute approximate surface area is 142 Å². The van der Waals surface area contributed by atoms with E-state index in [-0.39, 0.29) is 29.0 Å². The maximum Gasteiger partial charge on any atom is 0.201 e. The SMILES string of the molecule is CCOc1ccc(-c2ccc(-c3ccccc3)c(F)c2F)c(F)c1F. The van der Waals surface area contributed by atoms with E-state index in [2.05, 4.69) is 0 Å². The third-order valence-corrected chi connectivity index (χ3v) is 3.80. The van der Waals surface area contributed by atoms with E-state index < -0.39 is 23.3 Å². The Balaban J connectivity index is 2.11. The summed E-state index contributed by atoms with van der Waals surface area (Å²) in [5, 5.41) is 0. The molecule has 0 N–H and O–H groups in total. The number of halogens is 4. The summed E-state index contributed by atoms with van der Waals surface area (Å²) in [4.78, 5) is 0. The van der Waals surface area contributed by atoms with Gasteiger partial charge in [0.2, 0.25) is 5.82 Å². The highest BCUT2D eigenvalue weighted by Crippen LogP contribution is 2.35. The van der Waals surface area contributed by atoms with E-state index in [0.29, 0.717) is 5.56 Å². The number of rotatable bonds is 4. The van der Waals surface area contributed by atoms with E-state index in [1.54, 1.807) is 37.3 Å². The van der Waals surface area contributed by atoms with Gasteiger partial charge in [0.05, 0.1) is 6.61 Å². The average Bonchev–Trinajstić information content (AvgIpc) is 2.63. The monoisotopic (exact) mass is 346 g/mol. The Morgan fingerprint density at radius 3 is 1.80 bits per heavy atom. The van der Waals surface area contributed by atoms with Gasteiger partial charge in [-0.15, -0.1) is 0 Å². The molecule has 0 radical (unpaired) electrons. The van der Waals surface area contributed by atoms with Crippen molar-refractivity contribution in [1.29, 1.82) is 0 Å². The van der Waals surface area contributed by atoms with Gasteiger partial charge in [0.25, 0.3) is 0 Å². The number of benzene rings is 3. The summed E-state index contributed by atoms with van der Waals surface area (Å²) in [5.74, 6) is -5.13. The minimum absolute atomic E-state index is 0.0497. The molecule has 25 heavy (non-hydrogen) atoms. The zero-order valence-corrected chi connectivity index (χ0v) is 13.3. The highest BCUT2D eigenvalue weighted by Gasteiger charge is 2.21. The Bertz CT molecular complexity index is 907. The molecule has 0 aromatic heterocycles. The van der Waals surface area contributed by atoms with Crippen LogP contribution in [-0.4, -0.2) is 6.61 Å². The van der Waals surface area contributed by atoms with Crippen LogP contribution in [0.4, 0.5) is 17.6 Å². The van der Waals surface area contributed by atoms with Gasteiger partial charge in [0.1, 0.15) is 0 Å². The summed E-state index contributed by atoms with van der Waals surface area (Å²) in [6, 6.07) is 13.4. The van der Waals surface area contributed by atoms with Gasteiger partial charge in [-0.1, -0.05) is 42.5 Å². The van der Waals surface area contributed by atoms with Gasteiger partial charge in [0.15, 0.2) is 23.2 Å². The first-order chi connectivity index (χ1) is 12.0. The van der Waals surface area contributed by atoms with Crippen molar-refractivity contribution >= 4 is 0 Å². The summed E-state index contributed by atoms with van der Waals surface area (Å²) < 4.78 is 62.2. The highest BCUT2D eigenvalue weighted by atomic mass is 19.2. The second-order valence-electron chi connectivity index (χ2n) is 5.33. The molecule has 0 bridgehead atoms. The molecule has 0 amide bonds. The maximum absolute atomic E-state index is 14.5. The lowest BCUT2D eigenvalue weighted by Crippen LogP contribution is -2.00. The number of hydrogen-bond donors (Lipinski definition) is 0. The van der Waals surface area contributed by atoms with Crippen molar-refractivity contribution in [3.05, 3.63) is 77.9 Å². The molecule has 3 aromatic rings. The first-order valence-electron chi connectivity index (χ1n) is 7.69. The van der Waals surface area contributed by atoms with Gasteiger partial charge < -0.3 is 4.74 Å². The van der Waals surface area contributed by atoms with Crippen LogP contribution in [0.25, 0.3) is 22.3 Å². The summed E-state index contributed by atoms with van der Waals surface area (Å²) >= 11 is 0. The fourth-order valence-electron chi connectivity index (χ4n) is 2.60. The lowest BCUT2D eigenvalue weighted by atomic mass is 9.98. The van der Waals surface area contributed by atoms with Crippen molar-refractivity contribution in [3.8, 4) is 28.0 Å². The molecule has 1 nitrogen and oxygen atoms in total. The van der Waals surface area contributed by atoms with Crippen LogP contribution in [0, 0.1) is 23.3 Å². The molecular formula is C20H14F4O. The second kappa shape index (κ2) is 6.97. The van der Waals surface area contributed by atoms with E-state index in [1.165, 1.54) is 24.3 Å². The maximum atomic E-state index is 14.5. The Morgan fingerprint density at radius 2 is 1.16 bits per heavy atom. The molecule has 0 heterocycles. The molecule has 0 atom stereocenters. The topological polar surface area (TPSA) is 9.23 Å². The molecule has 128 valence electrons. The average molecular weight is 346 g/mol.